The van der Waals surface area contributed by atoms with Crippen molar-refractivity contribution in [2.45, 2.75) is 111 Å². The van der Waals surface area contributed by atoms with Gasteiger partial charge in [0.25, 0.3) is 0 Å². The van der Waals surface area contributed by atoms with Crippen LogP contribution in [0, 0.1) is 45.8 Å². The number of hydrogen-bond donors (Lipinski definition) is 1. The Labute approximate surface area is 244 Å². The van der Waals surface area contributed by atoms with Gasteiger partial charge in [-0.25, -0.2) is 4.79 Å². The fourth-order valence-electron chi connectivity index (χ4n) is 10.8. The number of benzene rings is 1. The summed E-state index contributed by atoms with van der Waals surface area (Å²) in [5.74, 6) is 2.81. The van der Waals surface area contributed by atoms with Crippen LogP contribution in [-0.4, -0.2) is 18.6 Å². The summed E-state index contributed by atoms with van der Waals surface area (Å²) in [5.41, 5.74) is 12.9. The zero-order chi connectivity index (χ0) is 29.1. The predicted molar refractivity (Wildman–Crippen MR) is 167 cm³/mol. The van der Waals surface area contributed by atoms with Gasteiger partial charge < -0.3 is 10.5 Å². The Morgan fingerprint density at radius 1 is 1.00 bits per heavy atom. The van der Waals surface area contributed by atoms with E-state index in [1.165, 1.54) is 81.6 Å². The third kappa shape index (κ3) is 4.54. The molecule has 4 aliphatic carbocycles. The van der Waals surface area contributed by atoms with Crippen molar-refractivity contribution in [3.8, 4) is 0 Å². The first-order chi connectivity index (χ1) is 18.8. The average Bonchev–Trinajstić information content (AvgIpc) is 3.27. The van der Waals surface area contributed by atoms with E-state index in [1.54, 1.807) is 0 Å². The molecule has 0 bridgehead atoms. The Morgan fingerprint density at radius 3 is 2.30 bits per heavy atom. The van der Waals surface area contributed by atoms with Crippen molar-refractivity contribution in [3.63, 3.8) is 0 Å². The minimum absolute atomic E-state index is 0.0211. The third-order valence-electron chi connectivity index (χ3n) is 13.2. The van der Waals surface area contributed by atoms with Crippen LogP contribution in [0.5, 0.6) is 0 Å². The van der Waals surface area contributed by atoms with E-state index in [9.17, 15) is 4.79 Å². The van der Waals surface area contributed by atoms with Gasteiger partial charge in [-0.15, -0.1) is 0 Å². The molecular weight excluding hydrogens is 490 g/mol. The van der Waals surface area contributed by atoms with Gasteiger partial charge in [-0.05, 0) is 134 Å². The van der Waals surface area contributed by atoms with Gasteiger partial charge in [0.05, 0.1) is 12.7 Å². The number of rotatable bonds is 6. The van der Waals surface area contributed by atoms with Gasteiger partial charge in [-0.2, -0.15) is 0 Å². The summed E-state index contributed by atoms with van der Waals surface area (Å²) in [6.07, 6.45) is 15.2. The third-order valence-corrected chi connectivity index (χ3v) is 13.2. The van der Waals surface area contributed by atoms with Crippen molar-refractivity contribution in [1.82, 2.24) is 0 Å². The van der Waals surface area contributed by atoms with Gasteiger partial charge >= 0.3 is 5.97 Å². The van der Waals surface area contributed by atoms with E-state index in [0.29, 0.717) is 45.5 Å². The lowest BCUT2D eigenvalue weighted by Crippen LogP contribution is -2.65. The molecule has 3 heteroatoms. The normalized spacial score (nSPS) is 41.2. The molecule has 0 heterocycles. The number of carbonyl (C=O) groups is 1. The van der Waals surface area contributed by atoms with Crippen molar-refractivity contribution in [1.29, 1.82) is 0 Å². The highest BCUT2D eigenvalue weighted by Gasteiger charge is 2.67. The van der Waals surface area contributed by atoms with Gasteiger partial charge in [-0.3, -0.25) is 0 Å². The zero-order valence-electron chi connectivity index (χ0n) is 26.4. The lowest BCUT2D eigenvalue weighted by molar-refractivity contribution is -0.194. The molecule has 0 amide bonds. The van der Waals surface area contributed by atoms with Crippen LogP contribution in [0.2, 0.25) is 0 Å². The molecule has 5 rings (SSSR count). The molecule has 4 saturated carbocycles. The SMILES string of the molecule is C=C(C)C1CCC2(N)CCC3(C)C(CCC4C(C)(CC=C(c5ccc(C(=O)OC)cc5)C(C)C)CCCC43C)C12. The Bertz CT molecular complexity index is 1170. The molecule has 0 spiro atoms. The van der Waals surface area contributed by atoms with Crippen LogP contribution in [0.4, 0.5) is 0 Å². The second-order valence-electron chi connectivity index (χ2n) is 15.4. The molecule has 4 aliphatic rings. The van der Waals surface area contributed by atoms with E-state index < -0.39 is 0 Å². The fourth-order valence-corrected chi connectivity index (χ4v) is 10.8. The van der Waals surface area contributed by atoms with E-state index in [2.05, 4.69) is 66.3 Å². The second-order valence-corrected chi connectivity index (χ2v) is 15.4. The number of ether oxygens (including phenoxy) is 1. The number of nitrogens with two attached hydrogens (primary N) is 1. The first-order valence-electron chi connectivity index (χ1n) is 16.1. The Hall–Kier alpha value is -1.87. The summed E-state index contributed by atoms with van der Waals surface area (Å²) in [4.78, 5) is 12.0. The van der Waals surface area contributed by atoms with Crippen LogP contribution < -0.4 is 5.73 Å². The standard InChI is InChI=1S/C37H55NO2/c1-24(2)28(26-10-12-27(13-11-26)33(39)40-8)16-20-34(5)18-9-19-36(7)31(34)15-14-30-32-29(25(3)4)17-21-37(32,38)23-22-35(30,36)6/h10-13,16,24,29-32H,3,9,14-15,17-23,38H2,1-2,4-8H3. The number of hydrogen-bond acceptors (Lipinski definition) is 3. The summed E-state index contributed by atoms with van der Waals surface area (Å²) in [7, 11) is 1.44. The van der Waals surface area contributed by atoms with Crippen molar-refractivity contribution in [2.24, 2.45) is 51.6 Å². The maximum atomic E-state index is 12.0. The van der Waals surface area contributed by atoms with Crippen LogP contribution in [0.1, 0.15) is 122 Å². The number of methoxy groups -OCH3 is 1. The lowest BCUT2D eigenvalue weighted by Gasteiger charge is -2.69. The van der Waals surface area contributed by atoms with Crippen LogP contribution >= 0.6 is 0 Å². The maximum Gasteiger partial charge on any atom is 0.337 e. The lowest BCUT2D eigenvalue weighted by atomic mass is 9.36. The Kier molecular flexibility index (Phi) is 7.73. The molecule has 0 saturated heterocycles. The van der Waals surface area contributed by atoms with Crippen molar-refractivity contribution in [3.05, 3.63) is 53.6 Å². The number of fused-ring (bicyclic) bond motifs is 5. The van der Waals surface area contributed by atoms with E-state index in [4.69, 9.17) is 10.5 Å². The average molecular weight is 546 g/mol. The summed E-state index contributed by atoms with van der Waals surface area (Å²) in [5, 5.41) is 0. The van der Waals surface area contributed by atoms with Crippen LogP contribution in [0.15, 0.2) is 42.5 Å². The fraction of sp³-hybridized carbons (Fsp3) is 0.703. The van der Waals surface area contributed by atoms with E-state index in [1.807, 2.05) is 12.1 Å². The van der Waals surface area contributed by atoms with Gasteiger partial charge in [-0.1, -0.05) is 71.4 Å². The number of carbonyl (C=O) groups excluding carboxylic acids is 1. The molecule has 4 fully saturated rings. The summed E-state index contributed by atoms with van der Waals surface area (Å²) in [6.45, 7) is 19.3. The smallest absolute Gasteiger partial charge is 0.337 e. The van der Waals surface area contributed by atoms with Crippen molar-refractivity contribution in [2.75, 3.05) is 7.11 Å². The summed E-state index contributed by atoms with van der Waals surface area (Å²) in [6, 6.07) is 8.00. The highest BCUT2D eigenvalue weighted by atomic mass is 16.5. The zero-order valence-corrected chi connectivity index (χ0v) is 26.4. The second kappa shape index (κ2) is 10.4. The molecule has 0 radical (unpaired) electrons. The number of allylic oxidation sites excluding steroid dienone is 3. The van der Waals surface area contributed by atoms with E-state index in [0.717, 1.165) is 12.3 Å². The van der Waals surface area contributed by atoms with E-state index in [-0.39, 0.29) is 11.5 Å². The molecule has 0 aromatic heterocycles. The van der Waals surface area contributed by atoms with Crippen LogP contribution in [-0.2, 0) is 4.74 Å². The number of esters is 1. The largest absolute Gasteiger partial charge is 0.465 e. The molecule has 1 aromatic rings. The summed E-state index contributed by atoms with van der Waals surface area (Å²) < 4.78 is 4.91. The van der Waals surface area contributed by atoms with Gasteiger partial charge in [0.15, 0.2) is 0 Å². The first kappa shape index (κ1) is 29.6. The Balaban J connectivity index is 1.44. The van der Waals surface area contributed by atoms with Crippen molar-refractivity contribution < 1.29 is 9.53 Å². The molecule has 40 heavy (non-hydrogen) atoms. The topological polar surface area (TPSA) is 52.3 Å². The van der Waals surface area contributed by atoms with Gasteiger partial charge in [0.1, 0.15) is 0 Å². The minimum atomic E-state index is -0.276. The quantitative estimate of drug-likeness (QED) is 0.286. The molecule has 0 aliphatic heterocycles. The van der Waals surface area contributed by atoms with Crippen LogP contribution in [0.25, 0.3) is 5.57 Å². The molecule has 1 aromatic carbocycles. The Morgan fingerprint density at radius 2 is 1.68 bits per heavy atom. The van der Waals surface area contributed by atoms with E-state index >= 15 is 0 Å². The molecular formula is C37H55NO2. The van der Waals surface area contributed by atoms with Crippen LogP contribution in [0.3, 0.4) is 0 Å². The molecule has 3 nitrogen and oxygen atoms in total. The van der Waals surface area contributed by atoms with Gasteiger partial charge in [0, 0.05) is 5.54 Å². The van der Waals surface area contributed by atoms with Crippen molar-refractivity contribution >= 4 is 11.5 Å². The molecule has 220 valence electrons. The molecule has 8 unspecified atom stereocenters. The predicted octanol–water partition coefficient (Wildman–Crippen LogP) is 9.23. The monoisotopic (exact) mass is 545 g/mol. The highest BCUT2D eigenvalue weighted by molar-refractivity contribution is 5.89. The summed E-state index contributed by atoms with van der Waals surface area (Å²) >= 11 is 0. The molecule has 8 atom stereocenters. The molecule has 2 N–H and O–H groups in total. The van der Waals surface area contributed by atoms with Gasteiger partial charge in [0.2, 0.25) is 0 Å². The first-order valence-corrected chi connectivity index (χ1v) is 16.1. The highest BCUT2D eigenvalue weighted by Crippen LogP contribution is 2.73. The maximum absolute atomic E-state index is 12.0. The minimum Gasteiger partial charge on any atom is -0.465 e.